The third-order valence-electron chi connectivity index (χ3n) is 27.6. The first kappa shape index (κ1) is 94.1. The van der Waals surface area contributed by atoms with Gasteiger partial charge in [0.1, 0.15) is 55.5 Å². The number of carbonyl (C=O) groups is 4. The number of aromatic nitrogens is 6. The number of carbonyl (C=O) groups excluding carboxylic acids is 4. The molecule has 0 radical (unpaired) electrons. The molecule has 0 N–H and O–H groups in total. The van der Waals surface area contributed by atoms with E-state index in [0.29, 0.717) is 142 Å². The smallest absolute Gasteiger partial charge is 0.320 e. The normalized spacial score (nSPS) is 20.5. The van der Waals surface area contributed by atoms with Crippen LogP contribution in [0.3, 0.4) is 0 Å². The van der Waals surface area contributed by atoms with E-state index in [1.807, 2.05) is 30.0 Å². The Morgan fingerprint density at radius 2 is 0.909 bits per heavy atom. The lowest BCUT2D eigenvalue weighted by Gasteiger charge is -2.41. The van der Waals surface area contributed by atoms with Crippen LogP contribution in [0, 0.1) is 33.6 Å². The fourth-order valence-electron chi connectivity index (χ4n) is 19.9. The molecule has 4 amide bonds. The van der Waals surface area contributed by atoms with E-state index in [2.05, 4.69) is 215 Å². The molecule has 31 nitrogen and oxygen atoms in total. The van der Waals surface area contributed by atoms with Crippen LogP contribution in [0.5, 0.6) is 18.0 Å². The molecule has 3 aromatic heterocycles. The molecule has 9 aliphatic heterocycles. The highest BCUT2D eigenvalue weighted by molar-refractivity contribution is 5.96. The Morgan fingerprint density at radius 1 is 0.470 bits per heavy atom. The summed E-state index contributed by atoms with van der Waals surface area (Å²) in [7, 11) is 13.9. The van der Waals surface area contributed by atoms with E-state index < -0.39 is 0 Å². The summed E-state index contributed by atoms with van der Waals surface area (Å²) in [5, 5.41) is 4.86. The lowest BCUT2D eigenvalue weighted by molar-refractivity contribution is -0.130. The van der Waals surface area contributed by atoms with Gasteiger partial charge >= 0.3 is 18.0 Å². The minimum Gasteiger partial charge on any atom is -0.462 e. The van der Waals surface area contributed by atoms with Gasteiger partial charge in [-0.25, -0.2) is 19.7 Å². The molecule has 8 aromatic rings. The number of hydrogen-bond acceptors (Lipinski definition) is 24. The van der Waals surface area contributed by atoms with Crippen LogP contribution in [0.15, 0.2) is 141 Å². The minimum absolute atomic E-state index is 0.0336. The van der Waals surface area contributed by atoms with Gasteiger partial charge in [-0.15, -0.1) is 0 Å². The van der Waals surface area contributed by atoms with E-state index in [-0.39, 0.29) is 67.4 Å². The highest BCUT2D eigenvalue weighted by Crippen LogP contribution is 2.40. The molecule has 6 fully saturated rings. The summed E-state index contributed by atoms with van der Waals surface area (Å²) in [4.78, 5) is 124. The zero-order valence-electron chi connectivity index (χ0n) is 78.3. The number of piperazine rings is 3. The van der Waals surface area contributed by atoms with Gasteiger partial charge in [-0.05, 0) is 166 Å². The van der Waals surface area contributed by atoms with Crippen LogP contribution in [0.2, 0.25) is 0 Å². The van der Waals surface area contributed by atoms with Gasteiger partial charge in [0.15, 0.2) is 0 Å². The molecule has 0 unspecified atom stereocenters. The van der Waals surface area contributed by atoms with Gasteiger partial charge in [0, 0.05) is 181 Å². The molecule has 31 heteroatoms. The largest absolute Gasteiger partial charge is 0.462 e. The van der Waals surface area contributed by atoms with E-state index in [1.54, 1.807) is 34.9 Å². The van der Waals surface area contributed by atoms with Gasteiger partial charge in [-0.3, -0.25) is 29.0 Å². The number of benzene rings is 5. The highest BCUT2D eigenvalue weighted by Gasteiger charge is 2.41. The van der Waals surface area contributed by atoms with Gasteiger partial charge in [0.05, 0.1) is 43.3 Å². The monoisotopic (exact) mass is 1790 g/mol. The number of likely N-dealkylation sites (tertiary alicyclic amines) is 3. The second-order valence-electron chi connectivity index (χ2n) is 36.7. The molecule has 0 bridgehead atoms. The van der Waals surface area contributed by atoms with Gasteiger partial charge in [-0.2, -0.15) is 29.9 Å². The highest BCUT2D eigenvalue weighted by atomic mass is 16.5. The second kappa shape index (κ2) is 43.6. The maximum absolute atomic E-state index is 13.1. The van der Waals surface area contributed by atoms with Crippen LogP contribution >= 0.6 is 0 Å². The van der Waals surface area contributed by atoms with Crippen LogP contribution in [-0.4, -0.2) is 341 Å². The minimum atomic E-state index is -0.260. The number of hydrogen-bond donors (Lipinski definition) is 0. The molecule has 6 atom stereocenters. The van der Waals surface area contributed by atoms with Crippen LogP contribution in [0.25, 0.3) is 36.1 Å². The first-order valence-corrected chi connectivity index (χ1v) is 46.7. The fraction of sp³-hybridized carbons (Fsp3) is 0.495. The average molecular weight is 1790 g/mol. The lowest BCUT2D eigenvalue weighted by atomic mass is 10.0. The van der Waals surface area contributed by atoms with Crippen molar-refractivity contribution in [3.63, 3.8) is 0 Å². The van der Waals surface area contributed by atoms with Crippen molar-refractivity contribution >= 4 is 79.7 Å². The molecule has 0 saturated carbocycles. The molecule has 694 valence electrons. The number of anilines is 6. The summed E-state index contributed by atoms with van der Waals surface area (Å²) in [5.74, 6) is 2.35. The number of amides is 4. The molecule has 0 aliphatic carbocycles. The summed E-state index contributed by atoms with van der Waals surface area (Å²) < 4.78 is 19.0. The molecule has 17 rings (SSSR count). The van der Waals surface area contributed by atoms with E-state index >= 15 is 0 Å². The number of likely N-dealkylation sites (N-methyl/N-ethyl adjacent to an activating group) is 4. The number of ether oxygens (including phenoxy) is 3. The Morgan fingerprint density at radius 3 is 1.36 bits per heavy atom. The topological polar surface area (TPSA) is 235 Å². The van der Waals surface area contributed by atoms with Crippen molar-refractivity contribution in [2.24, 2.45) is 0 Å². The maximum Gasteiger partial charge on any atom is 0.320 e. The third-order valence-corrected chi connectivity index (χ3v) is 27.6. The third kappa shape index (κ3) is 22.1. The zero-order chi connectivity index (χ0) is 92.6. The molecule has 12 heterocycles. The van der Waals surface area contributed by atoms with Crippen molar-refractivity contribution < 1.29 is 33.4 Å². The van der Waals surface area contributed by atoms with Crippen molar-refractivity contribution in [2.45, 2.75) is 121 Å². The molecule has 6 saturated heterocycles. The second-order valence-corrected chi connectivity index (χ2v) is 36.7. The van der Waals surface area contributed by atoms with Crippen LogP contribution in [-0.2, 0) is 58.1 Å². The SMILES string of the molecule is [C-]#[N+]C[C@H]1CN(c2nc(OCN3CC[C@H](N(C)C)C3)nc3c2CCN(c2cccc4ccccc24)C3)CCN1C(=O)C=C.[C-]#[N+]C[C@H]1CN(c2nc(OC[C@@H]3CCCN3C)nc3c2CCN(c2cccc(C)c2C)C3)CCN1C(=O)/C=C/CN(C)C.[C-]#[N+]C[C@H]1CN(c2nc(OC[C@@H]3CCCN3CC(=O)N(C)C)nc3c2CCN(c2cccc4ccccc24)C3)CCN1C(=O)C=C. The Kier molecular flexibility index (Phi) is 31.1. The first-order valence-electron chi connectivity index (χ1n) is 46.7. The first-order chi connectivity index (χ1) is 64.0. The number of nitrogens with zero attached hydrogens (tertiary/aromatic N) is 24. The van der Waals surface area contributed by atoms with Gasteiger partial charge in [-0.1, -0.05) is 104 Å². The maximum atomic E-state index is 13.1. The summed E-state index contributed by atoms with van der Waals surface area (Å²) in [5.41, 5.74) is 12.5. The fourth-order valence-corrected chi connectivity index (χ4v) is 19.9. The van der Waals surface area contributed by atoms with Gasteiger partial charge in [0.2, 0.25) is 43.3 Å². The predicted molar refractivity (Wildman–Crippen MR) is 519 cm³/mol. The van der Waals surface area contributed by atoms with Crippen molar-refractivity contribution in [1.29, 1.82) is 0 Å². The molecule has 132 heavy (non-hydrogen) atoms. The number of rotatable bonds is 26. The van der Waals surface area contributed by atoms with Crippen LogP contribution in [0.4, 0.5) is 34.5 Å². The molecular weight excluding hydrogens is 1660 g/mol. The van der Waals surface area contributed by atoms with Crippen molar-refractivity contribution in [3.8, 4) is 18.0 Å². The van der Waals surface area contributed by atoms with E-state index in [4.69, 9.17) is 63.8 Å². The van der Waals surface area contributed by atoms with Crippen molar-refractivity contribution in [3.05, 3.63) is 220 Å². The lowest BCUT2D eigenvalue weighted by Crippen LogP contribution is -2.56. The molecular formula is C101H128N24O7. The van der Waals surface area contributed by atoms with Crippen LogP contribution < -0.4 is 43.6 Å². The Bertz CT molecular complexity index is 5620. The van der Waals surface area contributed by atoms with Crippen molar-refractivity contribution in [2.75, 3.05) is 236 Å². The number of fused-ring (bicyclic) bond motifs is 5. The molecule has 0 spiro atoms. The molecule has 9 aliphatic rings. The summed E-state index contributed by atoms with van der Waals surface area (Å²) in [6.07, 6.45) is 14.0. The quantitative estimate of drug-likeness (QED) is 0.0362. The predicted octanol–water partition coefficient (Wildman–Crippen LogP) is 9.72. The van der Waals surface area contributed by atoms with Gasteiger partial charge in [0.25, 0.3) is 0 Å². The van der Waals surface area contributed by atoms with E-state index in [1.165, 1.54) is 68.3 Å². The van der Waals surface area contributed by atoms with E-state index in [0.717, 1.165) is 142 Å². The Labute approximate surface area is 777 Å². The number of aryl methyl sites for hydroxylation is 1. The Balaban J connectivity index is 0.000000152. The average Bonchev–Trinajstić information content (AvgIpc) is 0.775. The molecule has 5 aromatic carbocycles. The van der Waals surface area contributed by atoms with Crippen molar-refractivity contribution in [1.82, 2.24) is 74.0 Å². The Hall–Kier alpha value is -12.6. The zero-order valence-corrected chi connectivity index (χ0v) is 78.3. The summed E-state index contributed by atoms with van der Waals surface area (Å²) in [6, 6.07) is 37.7. The van der Waals surface area contributed by atoms with Gasteiger partial charge < -0.3 is 92.4 Å². The standard InChI is InChI=1S/C35H42N8O3.C33H40N8O2.C33H46N8O2/c1-5-32(44)43-19-18-42(21-27(43)20-36-2)34-29-15-17-41(31-14-8-11-25-10-6-7-13-28(25)31)22-30(29)37-35(38-34)46-24-26-12-9-16-40(26)23-33(45)39(3)4;1-5-31(42)41-18-17-40(21-26(41)19-34-2)32-28-14-16-39(30-12-8-10-24-9-6-7-11-27(24)30)22-29(28)35-33(36-32)43-23-38-15-13-25(20-38)37(3)4;1-24-10-7-12-30(25(24)2)39-17-14-28-29(22-39)35-33(43-23-26-11-8-16-38(26)6)36-32(28)40-18-19-41(27(21-40)20-34-3)31(42)13-9-15-37(4)5/h5-8,10-11,13-14,26-27H,1,9,12,15-24H2,3-4H3;5-12,25-26H,1,13-23H2,3-4H3;7,9-10,12-13,26-27H,8,11,14-23H2,1-2,4-6H3/b;;13-9+/t26-,27-;25-,26-;26-,27-/m000/s1. The summed E-state index contributed by atoms with van der Waals surface area (Å²) in [6.45, 7) is 50.9. The van der Waals surface area contributed by atoms with E-state index in [9.17, 15) is 19.2 Å². The van der Waals surface area contributed by atoms with Crippen LogP contribution in [0.1, 0.15) is 77.0 Å². The summed E-state index contributed by atoms with van der Waals surface area (Å²) >= 11 is 0.